The first-order chi connectivity index (χ1) is 6.74. The molecule has 1 aromatic rings. The Hall–Kier alpha value is -2.15. The number of rotatable bonds is 2. The molecule has 4 heteroatoms. The number of carboxylic acid groups (broad SMARTS) is 1. The summed E-state index contributed by atoms with van der Waals surface area (Å²) in [6.45, 7) is 0. The standard InChI is InChI=1S/C10H7NO3/c12-7-2-1-4-8-5-3-6-9(11-8)10(13)14/h3,5-7H,2H2,(H,13,14). The molecule has 0 spiro atoms. The molecule has 4 nitrogen and oxygen atoms in total. The van der Waals surface area contributed by atoms with Crippen molar-refractivity contribution < 1.29 is 14.7 Å². The van der Waals surface area contributed by atoms with Crippen LogP contribution in [0.1, 0.15) is 22.6 Å². The van der Waals surface area contributed by atoms with Gasteiger partial charge in [-0.3, -0.25) is 0 Å². The minimum absolute atomic E-state index is 0.0529. The molecule has 0 radical (unpaired) electrons. The van der Waals surface area contributed by atoms with Crippen LogP contribution >= 0.6 is 0 Å². The number of carbonyl (C=O) groups excluding carboxylic acids is 1. The molecule has 0 saturated heterocycles. The van der Waals surface area contributed by atoms with Crippen LogP contribution in [0.25, 0.3) is 0 Å². The lowest BCUT2D eigenvalue weighted by Crippen LogP contribution is -2.00. The molecule has 1 N–H and O–H groups in total. The summed E-state index contributed by atoms with van der Waals surface area (Å²) in [6.07, 6.45) is 0.799. The number of aldehydes is 1. The van der Waals surface area contributed by atoms with Crippen LogP contribution in [0, 0.1) is 11.8 Å². The van der Waals surface area contributed by atoms with Gasteiger partial charge < -0.3 is 9.90 Å². The van der Waals surface area contributed by atoms with Crippen LogP contribution in [-0.2, 0) is 4.79 Å². The normalized spacial score (nSPS) is 8.57. The van der Waals surface area contributed by atoms with Gasteiger partial charge in [0.05, 0.1) is 6.42 Å². The summed E-state index contributed by atoms with van der Waals surface area (Å²) in [5.41, 5.74) is 0.301. The third-order valence-corrected chi connectivity index (χ3v) is 1.37. The number of aromatic carboxylic acids is 1. The second kappa shape index (κ2) is 4.77. The predicted molar refractivity (Wildman–Crippen MR) is 48.8 cm³/mol. The van der Waals surface area contributed by atoms with Gasteiger partial charge in [-0.15, -0.1) is 0 Å². The molecule has 14 heavy (non-hydrogen) atoms. The molecular weight excluding hydrogens is 182 g/mol. The third-order valence-electron chi connectivity index (χ3n) is 1.37. The zero-order chi connectivity index (χ0) is 10.4. The fraction of sp³-hybridized carbons (Fsp3) is 0.100. The number of aromatic nitrogens is 1. The van der Waals surface area contributed by atoms with Gasteiger partial charge in [0.1, 0.15) is 17.7 Å². The van der Waals surface area contributed by atoms with Gasteiger partial charge >= 0.3 is 5.97 Å². The minimum atomic E-state index is -1.09. The summed E-state index contributed by atoms with van der Waals surface area (Å²) in [7, 11) is 0. The molecule has 1 aromatic heterocycles. The van der Waals surface area contributed by atoms with Gasteiger partial charge in [0.25, 0.3) is 0 Å². The first kappa shape index (κ1) is 9.93. The molecule has 0 saturated carbocycles. The van der Waals surface area contributed by atoms with Gasteiger partial charge in [0.15, 0.2) is 0 Å². The number of pyridine rings is 1. The van der Waals surface area contributed by atoms with Crippen molar-refractivity contribution in [3.63, 3.8) is 0 Å². The Morgan fingerprint density at radius 2 is 2.36 bits per heavy atom. The molecule has 1 heterocycles. The van der Waals surface area contributed by atoms with E-state index < -0.39 is 5.97 Å². The van der Waals surface area contributed by atoms with Crippen LogP contribution in [0.5, 0.6) is 0 Å². The van der Waals surface area contributed by atoms with Crippen molar-refractivity contribution in [3.05, 3.63) is 29.6 Å². The van der Waals surface area contributed by atoms with Crippen LogP contribution in [0.4, 0.5) is 0 Å². The first-order valence-electron chi connectivity index (χ1n) is 3.87. The highest BCUT2D eigenvalue weighted by Crippen LogP contribution is 1.97. The van der Waals surface area contributed by atoms with Crippen LogP contribution in [-0.4, -0.2) is 22.3 Å². The molecule has 0 unspecified atom stereocenters. The Labute approximate surface area is 80.6 Å². The number of hydrogen-bond donors (Lipinski definition) is 1. The highest BCUT2D eigenvalue weighted by Gasteiger charge is 2.02. The quantitative estimate of drug-likeness (QED) is 0.549. The molecule has 0 fully saturated rings. The Morgan fingerprint density at radius 1 is 1.57 bits per heavy atom. The van der Waals surface area contributed by atoms with Crippen molar-refractivity contribution in [2.45, 2.75) is 6.42 Å². The molecular formula is C10H7NO3. The lowest BCUT2D eigenvalue weighted by atomic mass is 10.3. The second-order valence-corrected chi connectivity index (χ2v) is 2.39. The summed E-state index contributed by atoms with van der Waals surface area (Å²) >= 11 is 0. The Balaban J connectivity index is 2.90. The average molecular weight is 189 g/mol. The molecule has 0 aliphatic heterocycles. The highest BCUT2D eigenvalue weighted by atomic mass is 16.4. The molecule has 0 bridgehead atoms. The van der Waals surface area contributed by atoms with E-state index in [0.29, 0.717) is 12.0 Å². The summed E-state index contributed by atoms with van der Waals surface area (Å²) in [5.74, 6) is 4.04. The summed E-state index contributed by atoms with van der Waals surface area (Å²) in [4.78, 5) is 24.2. The lowest BCUT2D eigenvalue weighted by Gasteiger charge is -1.92. The maximum atomic E-state index is 10.5. The monoisotopic (exact) mass is 189 g/mol. The molecule has 0 aliphatic carbocycles. The van der Waals surface area contributed by atoms with E-state index in [0.717, 1.165) is 0 Å². The summed E-state index contributed by atoms with van der Waals surface area (Å²) in [6, 6.07) is 4.53. The molecule has 70 valence electrons. The fourth-order valence-electron chi connectivity index (χ4n) is 0.807. The third kappa shape index (κ3) is 2.72. The van der Waals surface area contributed by atoms with Gasteiger partial charge in [0, 0.05) is 0 Å². The number of carbonyl (C=O) groups is 2. The van der Waals surface area contributed by atoms with E-state index in [1.807, 2.05) is 0 Å². The van der Waals surface area contributed by atoms with E-state index in [9.17, 15) is 9.59 Å². The Kier molecular flexibility index (Phi) is 3.39. The Bertz CT molecular complexity index is 415. The summed E-state index contributed by atoms with van der Waals surface area (Å²) in [5, 5.41) is 8.61. The molecule has 0 aliphatic rings. The molecule has 0 aromatic carbocycles. The van der Waals surface area contributed by atoms with Crippen molar-refractivity contribution in [3.8, 4) is 11.8 Å². The van der Waals surface area contributed by atoms with Crippen LogP contribution in [0.3, 0.4) is 0 Å². The molecule has 0 amide bonds. The smallest absolute Gasteiger partial charge is 0.354 e. The maximum absolute atomic E-state index is 10.5. The zero-order valence-corrected chi connectivity index (χ0v) is 7.23. The van der Waals surface area contributed by atoms with E-state index in [4.69, 9.17) is 5.11 Å². The largest absolute Gasteiger partial charge is 0.477 e. The van der Waals surface area contributed by atoms with Gasteiger partial charge in [0.2, 0.25) is 0 Å². The van der Waals surface area contributed by atoms with Gasteiger partial charge in [-0.2, -0.15) is 0 Å². The highest BCUT2D eigenvalue weighted by molar-refractivity contribution is 5.85. The van der Waals surface area contributed by atoms with Crippen LogP contribution in [0.15, 0.2) is 18.2 Å². The van der Waals surface area contributed by atoms with E-state index in [1.165, 1.54) is 6.07 Å². The van der Waals surface area contributed by atoms with Crippen LogP contribution < -0.4 is 0 Å². The van der Waals surface area contributed by atoms with Gasteiger partial charge in [-0.05, 0) is 18.1 Å². The zero-order valence-electron chi connectivity index (χ0n) is 7.23. The minimum Gasteiger partial charge on any atom is -0.477 e. The Morgan fingerprint density at radius 3 is 3.00 bits per heavy atom. The van der Waals surface area contributed by atoms with Crippen molar-refractivity contribution >= 4 is 12.3 Å². The number of hydrogen-bond acceptors (Lipinski definition) is 3. The number of carboxylic acids is 1. The van der Waals surface area contributed by atoms with E-state index in [-0.39, 0.29) is 12.1 Å². The van der Waals surface area contributed by atoms with E-state index in [1.54, 1.807) is 12.1 Å². The first-order valence-corrected chi connectivity index (χ1v) is 3.87. The fourth-order valence-corrected chi connectivity index (χ4v) is 0.807. The van der Waals surface area contributed by atoms with E-state index in [2.05, 4.69) is 16.8 Å². The topological polar surface area (TPSA) is 67.3 Å². The number of nitrogens with zero attached hydrogens (tertiary/aromatic N) is 1. The molecule has 0 atom stereocenters. The van der Waals surface area contributed by atoms with Crippen molar-refractivity contribution in [1.82, 2.24) is 4.98 Å². The molecule has 1 rings (SSSR count). The van der Waals surface area contributed by atoms with Crippen molar-refractivity contribution in [1.29, 1.82) is 0 Å². The van der Waals surface area contributed by atoms with E-state index >= 15 is 0 Å². The summed E-state index contributed by atoms with van der Waals surface area (Å²) < 4.78 is 0. The van der Waals surface area contributed by atoms with Crippen molar-refractivity contribution in [2.24, 2.45) is 0 Å². The maximum Gasteiger partial charge on any atom is 0.354 e. The SMILES string of the molecule is O=CCC#Cc1cccc(C(=O)O)n1. The van der Waals surface area contributed by atoms with Gasteiger partial charge in [-0.1, -0.05) is 12.0 Å². The van der Waals surface area contributed by atoms with Crippen molar-refractivity contribution in [2.75, 3.05) is 0 Å². The lowest BCUT2D eigenvalue weighted by molar-refractivity contribution is -0.107. The van der Waals surface area contributed by atoms with Gasteiger partial charge in [-0.25, -0.2) is 9.78 Å². The van der Waals surface area contributed by atoms with Crippen LogP contribution in [0.2, 0.25) is 0 Å². The predicted octanol–water partition coefficient (Wildman–Crippen LogP) is 0.720. The second-order valence-electron chi connectivity index (χ2n) is 2.39. The average Bonchev–Trinajstić information content (AvgIpc) is 2.19.